The van der Waals surface area contributed by atoms with E-state index < -0.39 is 11.6 Å². The third-order valence-electron chi connectivity index (χ3n) is 6.17. The molecule has 174 valence electrons. The van der Waals surface area contributed by atoms with Crippen molar-refractivity contribution in [2.75, 3.05) is 23.3 Å². The lowest BCUT2D eigenvalue weighted by Crippen LogP contribution is -2.25. The van der Waals surface area contributed by atoms with Crippen molar-refractivity contribution in [3.8, 4) is 0 Å². The maximum atomic E-state index is 13.5. The second-order valence-corrected chi connectivity index (χ2v) is 8.75. The van der Waals surface area contributed by atoms with Gasteiger partial charge in [-0.3, -0.25) is 9.78 Å². The molecule has 0 atom stereocenters. The van der Waals surface area contributed by atoms with Crippen LogP contribution in [0.25, 0.3) is 0 Å². The molecule has 2 aromatic heterocycles. The quantitative estimate of drug-likeness (QED) is 0.586. The van der Waals surface area contributed by atoms with Crippen LogP contribution in [0.15, 0.2) is 47.6 Å². The van der Waals surface area contributed by atoms with Crippen LogP contribution in [-0.2, 0) is 17.6 Å². The molecule has 0 radical (unpaired) electrons. The van der Waals surface area contributed by atoms with Crippen molar-refractivity contribution in [2.24, 2.45) is 4.99 Å². The summed E-state index contributed by atoms with van der Waals surface area (Å²) in [5.41, 5.74) is 5.32. The smallest absolute Gasteiger partial charge is 0.228 e. The first kappa shape index (κ1) is 22.1. The molecule has 6 nitrogen and oxygen atoms in total. The minimum atomic E-state index is -0.701. The van der Waals surface area contributed by atoms with Gasteiger partial charge in [0.1, 0.15) is 11.6 Å². The first-order valence-corrected chi connectivity index (χ1v) is 11.5. The van der Waals surface area contributed by atoms with Crippen LogP contribution in [0.5, 0.6) is 0 Å². The molecule has 1 aromatic carbocycles. The van der Waals surface area contributed by atoms with E-state index in [2.05, 4.69) is 15.2 Å². The normalized spacial score (nSPS) is 15.1. The van der Waals surface area contributed by atoms with Crippen LogP contribution >= 0.6 is 0 Å². The Hall–Kier alpha value is -3.68. The molecule has 0 aliphatic carbocycles. The second-order valence-electron chi connectivity index (χ2n) is 8.75. The number of fused-ring (bicyclic) bond motifs is 1. The second kappa shape index (κ2) is 9.29. The van der Waals surface area contributed by atoms with Crippen molar-refractivity contribution in [2.45, 2.75) is 39.0 Å². The van der Waals surface area contributed by atoms with Crippen molar-refractivity contribution < 1.29 is 13.6 Å². The number of carbonyl (C=O) groups excluding carboxylic acids is 1. The van der Waals surface area contributed by atoms with Crippen LogP contribution in [-0.4, -0.2) is 34.7 Å². The number of pyridine rings is 2. The molecule has 0 saturated carbocycles. The van der Waals surface area contributed by atoms with E-state index in [9.17, 15) is 13.6 Å². The Morgan fingerprint density at radius 3 is 2.62 bits per heavy atom. The van der Waals surface area contributed by atoms with Gasteiger partial charge in [-0.1, -0.05) is 0 Å². The number of nitrogens with one attached hydrogen (secondary N) is 1. The monoisotopic (exact) mass is 461 g/mol. The molecule has 0 spiro atoms. The number of anilines is 2. The van der Waals surface area contributed by atoms with Crippen molar-refractivity contribution >= 4 is 28.8 Å². The zero-order valence-corrected chi connectivity index (χ0v) is 18.9. The molecular weight excluding hydrogens is 436 g/mol. The maximum absolute atomic E-state index is 13.5. The third-order valence-corrected chi connectivity index (χ3v) is 6.17. The van der Waals surface area contributed by atoms with Crippen LogP contribution in [0.1, 0.15) is 41.8 Å². The van der Waals surface area contributed by atoms with Gasteiger partial charge in [0.25, 0.3) is 0 Å². The molecule has 8 heteroatoms. The average molecular weight is 462 g/mol. The highest BCUT2D eigenvalue weighted by Crippen LogP contribution is 2.33. The van der Waals surface area contributed by atoms with Gasteiger partial charge in [-0.25, -0.2) is 18.8 Å². The predicted molar refractivity (Wildman–Crippen MR) is 128 cm³/mol. The van der Waals surface area contributed by atoms with Crippen molar-refractivity contribution in [1.29, 1.82) is 0 Å². The highest BCUT2D eigenvalue weighted by molar-refractivity contribution is 6.03. The van der Waals surface area contributed by atoms with Crippen LogP contribution in [0.4, 0.5) is 26.0 Å². The number of amides is 1. The Labute approximate surface area is 196 Å². The van der Waals surface area contributed by atoms with E-state index >= 15 is 0 Å². The van der Waals surface area contributed by atoms with Gasteiger partial charge in [0.05, 0.1) is 34.9 Å². The summed E-state index contributed by atoms with van der Waals surface area (Å²) >= 11 is 0. The highest BCUT2D eigenvalue weighted by atomic mass is 19.1. The molecule has 1 amide bonds. The molecule has 1 fully saturated rings. The number of nitrogens with zero attached hydrogens (tertiary/aromatic N) is 4. The van der Waals surface area contributed by atoms with Crippen LogP contribution in [0.2, 0.25) is 0 Å². The predicted octanol–water partition coefficient (Wildman–Crippen LogP) is 4.91. The van der Waals surface area contributed by atoms with E-state index in [-0.39, 0.29) is 17.9 Å². The fourth-order valence-corrected chi connectivity index (χ4v) is 4.55. The number of halogens is 2. The molecule has 34 heavy (non-hydrogen) atoms. The van der Waals surface area contributed by atoms with Gasteiger partial charge in [-0.2, -0.15) is 0 Å². The van der Waals surface area contributed by atoms with Crippen LogP contribution < -0.4 is 10.2 Å². The zero-order valence-electron chi connectivity index (χ0n) is 18.9. The molecule has 5 rings (SSSR count). The number of carbonyl (C=O) groups is 1. The lowest BCUT2D eigenvalue weighted by molar-refractivity contribution is -0.115. The largest absolute Gasteiger partial charge is 0.355 e. The van der Waals surface area contributed by atoms with Gasteiger partial charge in [-0.05, 0) is 74.1 Å². The number of hydrogen-bond acceptors (Lipinski definition) is 5. The third kappa shape index (κ3) is 4.66. The highest BCUT2D eigenvalue weighted by Gasteiger charge is 2.24. The van der Waals surface area contributed by atoms with E-state index in [4.69, 9.17) is 9.98 Å². The molecule has 3 aromatic rings. The first-order chi connectivity index (χ1) is 16.5. The van der Waals surface area contributed by atoms with Crippen LogP contribution in [0, 0.1) is 18.6 Å². The summed E-state index contributed by atoms with van der Waals surface area (Å²) in [6.07, 6.45) is 5.31. The van der Waals surface area contributed by atoms with E-state index in [0.29, 0.717) is 11.5 Å². The Morgan fingerprint density at radius 1 is 1.09 bits per heavy atom. The Balaban J connectivity index is 1.46. The number of rotatable bonds is 5. The molecule has 0 unspecified atom stereocenters. The summed E-state index contributed by atoms with van der Waals surface area (Å²) < 4.78 is 27.1. The maximum Gasteiger partial charge on any atom is 0.228 e. The lowest BCUT2D eigenvalue weighted by Gasteiger charge is -2.24. The van der Waals surface area contributed by atoms with Crippen LogP contribution in [0.3, 0.4) is 0 Å². The number of hydrogen-bond donors (Lipinski definition) is 1. The Bertz CT molecular complexity index is 1260. The minimum absolute atomic E-state index is 0.133. The molecule has 1 N–H and O–H groups in total. The minimum Gasteiger partial charge on any atom is -0.355 e. The molecule has 0 bridgehead atoms. The SMILES string of the molecule is Cc1cc(C2=Nc3cccnc3CC2)nc(N2CCCC2)c1NC(=O)Cc1cc(F)cc(F)c1. The standard InChI is InChI=1S/C26H25F2N5O/c1-16-11-23(22-7-6-20-21(30-22)5-4-8-29-20)31-26(33-9-2-3-10-33)25(16)32-24(34)14-17-12-18(27)15-19(28)13-17/h4-5,8,11-13,15H,2-3,6-7,9-10,14H2,1H3,(H,32,34). The molecular formula is C26H25F2N5O. The number of aryl methyl sites for hydroxylation is 2. The van der Waals surface area contributed by atoms with E-state index in [0.717, 1.165) is 73.2 Å². The van der Waals surface area contributed by atoms with Gasteiger partial charge in [0, 0.05) is 25.4 Å². The topological polar surface area (TPSA) is 70.5 Å². The first-order valence-electron chi connectivity index (χ1n) is 11.5. The molecule has 2 aliphatic rings. The zero-order chi connectivity index (χ0) is 23.7. The summed E-state index contributed by atoms with van der Waals surface area (Å²) in [5, 5.41) is 2.95. The fourth-order valence-electron chi connectivity index (χ4n) is 4.55. The van der Waals surface area contributed by atoms with Gasteiger partial charge >= 0.3 is 0 Å². The summed E-state index contributed by atoms with van der Waals surface area (Å²) in [6.45, 7) is 3.64. The molecule has 2 aliphatic heterocycles. The fraction of sp³-hybridized carbons (Fsp3) is 0.308. The summed E-state index contributed by atoms with van der Waals surface area (Å²) in [4.78, 5) is 29.1. The van der Waals surface area contributed by atoms with Gasteiger partial charge < -0.3 is 10.2 Å². The number of aromatic nitrogens is 2. The average Bonchev–Trinajstić information content (AvgIpc) is 3.34. The number of aliphatic imine (C=N–C) groups is 1. The van der Waals surface area contributed by atoms with Crippen molar-refractivity contribution in [3.05, 3.63) is 76.7 Å². The summed E-state index contributed by atoms with van der Waals surface area (Å²) in [7, 11) is 0. The molecule has 4 heterocycles. The van der Waals surface area contributed by atoms with E-state index in [1.807, 2.05) is 25.1 Å². The van der Waals surface area contributed by atoms with Gasteiger partial charge in [-0.15, -0.1) is 0 Å². The van der Waals surface area contributed by atoms with Crippen molar-refractivity contribution in [3.63, 3.8) is 0 Å². The Kier molecular flexibility index (Phi) is 6.04. The summed E-state index contributed by atoms with van der Waals surface area (Å²) in [5.74, 6) is -1.04. The Morgan fingerprint density at radius 2 is 1.85 bits per heavy atom. The van der Waals surface area contributed by atoms with Gasteiger partial charge in [0.15, 0.2) is 5.82 Å². The van der Waals surface area contributed by atoms with Gasteiger partial charge in [0.2, 0.25) is 5.91 Å². The molecule has 1 saturated heterocycles. The van der Waals surface area contributed by atoms with E-state index in [1.54, 1.807) is 6.20 Å². The van der Waals surface area contributed by atoms with Crippen molar-refractivity contribution in [1.82, 2.24) is 9.97 Å². The summed E-state index contributed by atoms with van der Waals surface area (Å²) in [6, 6.07) is 8.92. The number of benzene rings is 1. The lowest BCUT2D eigenvalue weighted by atomic mass is 10.0. The van der Waals surface area contributed by atoms with E-state index in [1.165, 1.54) is 12.1 Å².